The van der Waals surface area contributed by atoms with E-state index in [1.807, 2.05) is 0 Å². The number of aryl methyl sites for hydroxylation is 2. The molecule has 0 aliphatic rings. The highest BCUT2D eigenvalue weighted by molar-refractivity contribution is 5.93. The van der Waals surface area contributed by atoms with Gasteiger partial charge in [-0.1, -0.05) is 44.9 Å². The molecule has 0 aliphatic carbocycles. The molecular formula is C17H24N2. The first-order valence-corrected chi connectivity index (χ1v) is 7.45. The number of nitrogens with zero attached hydrogens (tertiary/aromatic N) is 1. The first-order valence-electron chi connectivity index (χ1n) is 7.45. The van der Waals surface area contributed by atoms with E-state index in [0.29, 0.717) is 0 Å². The maximum atomic E-state index is 4.89. The number of pyridine rings is 1. The lowest BCUT2D eigenvalue weighted by Gasteiger charge is -2.13. The van der Waals surface area contributed by atoms with Crippen LogP contribution in [0.15, 0.2) is 24.3 Å². The van der Waals surface area contributed by atoms with E-state index in [1.165, 1.54) is 27.8 Å². The van der Waals surface area contributed by atoms with Crippen LogP contribution in [0.3, 0.4) is 0 Å². The summed E-state index contributed by atoms with van der Waals surface area (Å²) in [6.45, 7) is 7.51. The fourth-order valence-corrected chi connectivity index (χ4v) is 2.55. The van der Waals surface area contributed by atoms with E-state index in [4.69, 9.17) is 4.98 Å². The van der Waals surface area contributed by atoms with Gasteiger partial charge in [-0.25, -0.2) is 0 Å². The summed E-state index contributed by atoms with van der Waals surface area (Å²) in [5, 5.41) is 4.74. The number of rotatable bonds is 6. The summed E-state index contributed by atoms with van der Waals surface area (Å²) in [4.78, 5) is 4.89. The van der Waals surface area contributed by atoms with Gasteiger partial charge in [-0.05, 0) is 31.4 Å². The van der Waals surface area contributed by atoms with Crippen LogP contribution in [0.2, 0.25) is 0 Å². The first kappa shape index (κ1) is 13.9. The molecule has 1 aromatic carbocycles. The third-order valence-corrected chi connectivity index (χ3v) is 3.37. The quantitative estimate of drug-likeness (QED) is 0.818. The van der Waals surface area contributed by atoms with Crippen LogP contribution in [0, 0.1) is 0 Å². The Labute approximate surface area is 116 Å². The van der Waals surface area contributed by atoms with Gasteiger partial charge in [0.1, 0.15) is 0 Å². The Balaban J connectivity index is 2.60. The molecule has 1 N–H and O–H groups in total. The maximum Gasteiger partial charge on any atom is 0.0758 e. The van der Waals surface area contributed by atoms with Gasteiger partial charge in [0, 0.05) is 23.3 Å². The number of fused-ring (bicyclic) bond motifs is 1. The van der Waals surface area contributed by atoms with Gasteiger partial charge < -0.3 is 5.32 Å². The number of hydrogen-bond donors (Lipinski definition) is 1. The second-order valence-electron chi connectivity index (χ2n) is 5.00. The predicted octanol–water partition coefficient (Wildman–Crippen LogP) is 4.57. The van der Waals surface area contributed by atoms with Gasteiger partial charge in [-0.15, -0.1) is 0 Å². The number of anilines is 1. The molecule has 0 radical (unpaired) electrons. The minimum Gasteiger partial charge on any atom is -0.385 e. The van der Waals surface area contributed by atoms with Crippen LogP contribution in [0.25, 0.3) is 10.9 Å². The molecule has 0 saturated carbocycles. The zero-order valence-electron chi connectivity index (χ0n) is 12.3. The van der Waals surface area contributed by atoms with Crippen LogP contribution in [0.1, 0.15) is 44.9 Å². The van der Waals surface area contributed by atoms with Crippen molar-refractivity contribution < 1.29 is 0 Å². The van der Waals surface area contributed by atoms with Crippen molar-refractivity contribution in [3.8, 4) is 0 Å². The largest absolute Gasteiger partial charge is 0.385 e. The van der Waals surface area contributed by atoms with Crippen molar-refractivity contribution in [2.45, 2.75) is 46.5 Å². The molecule has 1 heterocycles. The van der Waals surface area contributed by atoms with Crippen molar-refractivity contribution in [2.75, 3.05) is 11.9 Å². The molecule has 0 aliphatic heterocycles. The first-order chi connectivity index (χ1) is 9.30. The van der Waals surface area contributed by atoms with E-state index in [0.717, 1.165) is 32.2 Å². The highest BCUT2D eigenvalue weighted by atomic mass is 14.9. The van der Waals surface area contributed by atoms with Crippen molar-refractivity contribution >= 4 is 16.6 Å². The fourth-order valence-electron chi connectivity index (χ4n) is 2.55. The van der Waals surface area contributed by atoms with Gasteiger partial charge in [-0.2, -0.15) is 0 Å². The summed E-state index contributed by atoms with van der Waals surface area (Å²) >= 11 is 0. The minimum atomic E-state index is 0.947. The second-order valence-corrected chi connectivity index (χ2v) is 5.00. The average Bonchev–Trinajstić information content (AvgIpc) is 2.41. The Morgan fingerprint density at radius 3 is 2.53 bits per heavy atom. The van der Waals surface area contributed by atoms with E-state index in [-0.39, 0.29) is 0 Å². The number of nitrogens with one attached hydrogen (secondary N) is 1. The molecule has 2 aromatic rings. The molecule has 2 heteroatoms. The molecule has 0 fully saturated rings. The predicted molar refractivity (Wildman–Crippen MR) is 83.9 cm³/mol. The molecule has 0 unspecified atom stereocenters. The lowest BCUT2D eigenvalue weighted by molar-refractivity contribution is 0.884. The topological polar surface area (TPSA) is 24.9 Å². The SMILES string of the molecule is CCCc1cc(NCC)c2cccc(CCC)c2n1. The van der Waals surface area contributed by atoms with E-state index in [1.54, 1.807) is 0 Å². The Kier molecular flexibility index (Phi) is 4.78. The highest BCUT2D eigenvalue weighted by Crippen LogP contribution is 2.27. The standard InChI is InChI=1S/C17H24N2/c1-4-8-13-10-7-11-15-16(18-6-3)12-14(9-5-2)19-17(13)15/h7,10-12H,4-6,8-9H2,1-3H3,(H,18,19). The zero-order valence-corrected chi connectivity index (χ0v) is 12.3. The van der Waals surface area contributed by atoms with Gasteiger partial charge in [0.15, 0.2) is 0 Å². The molecule has 0 atom stereocenters. The van der Waals surface area contributed by atoms with E-state index in [9.17, 15) is 0 Å². The summed E-state index contributed by atoms with van der Waals surface area (Å²) in [6, 6.07) is 8.75. The summed E-state index contributed by atoms with van der Waals surface area (Å²) in [7, 11) is 0. The van der Waals surface area contributed by atoms with Crippen LogP contribution in [0.5, 0.6) is 0 Å². The van der Waals surface area contributed by atoms with Gasteiger partial charge in [0.05, 0.1) is 5.52 Å². The molecule has 19 heavy (non-hydrogen) atoms. The molecule has 2 nitrogen and oxygen atoms in total. The summed E-state index contributed by atoms with van der Waals surface area (Å²) in [6.07, 6.45) is 4.45. The minimum absolute atomic E-state index is 0.947. The number of hydrogen-bond acceptors (Lipinski definition) is 2. The Morgan fingerprint density at radius 2 is 1.84 bits per heavy atom. The molecule has 0 spiro atoms. The number of aromatic nitrogens is 1. The normalized spacial score (nSPS) is 10.9. The third kappa shape index (κ3) is 3.06. The molecule has 2 rings (SSSR count). The second kappa shape index (κ2) is 6.55. The van der Waals surface area contributed by atoms with E-state index >= 15 is 0 Å². The molecule has 102 valence electrons. The summed E-state index contributed by atoms with van der Waals surface area (Å²) < 4.78 is 0. The molecular weight excluding hydrogens is 232 g/mol. The van der Waals surface area contributed by atoms with Gasteiger partial charge >= 0.3 is 0 Å². The van der Waals surface area contributed by atoms with Gasteiger partial charge in [-0.3, -0.25) is 4.98 Å². The van der Waals surface area contributed by atoms with Crippen molar-refractivity contribution in [2.24, 2.45) is 0 Å². The van der Waals surface area contributed by atoms with Crippen molar-refractivity contribution in [3.05, 3.63) is 35.5 Å². The molecule has 0 amide bonds. The Hall–Kier alpha value is -1.57. The smallest absolute Gasteiger partial charge is 0.0758 e. The third-order valence-electron chi connectivity index (χ3n) is 3.37. The monoisotopic (exact) mass is 256 g/mol. The molecule has 0 bridgehead atoms. The average molecular weight is 256 g/mol. The lowest BCUT2D eigenvalue weighted by Crippen LogP contribution is -2.02. The van der Waals surface area contributed by atoms with Gasteiger partial charge in [0.25, 0.3) is 0 Å². The van der Waals surface area contributed by atoms with Crippen molar-refractivity contribution in [1.29, 1.82) is 0 Å². The number of benzene rings is 1. The maximum absolute atomic E-state index is 4.89. The van der Waals surface area contributed by atoms with Crippen molar-refractivity contribution in [1.82, 2.24) is 4.98 Å². The van der Waals surface area contributed by atoms with Crippen molar-refractivity contribution in [3.63, 3.8) is 0 Å². The van der Waals surface area contributed by atoms with Crippen LogP contribution >= 0.6 is 0 Å². The zero-order chi connectivity index (χ0) is 13.7. The lowest BCUT2D eigenvalue weighted by atomic mass is 10.0. The summed E-state index contributed by atoms with van der Waals surface area (Å²) in [5.74, 6) is 0. The Bertz CT molecular complexity index is 546. The van der Waals surface area contributed by atoms with Crippen LogP contribution in [-0.2, 0) is 12.8 Å². The Morgan fingerprint density at radius 1 is 1.05 bits per heavy atom. The van der Waals surface area contributed by atoms with E-state index in [2.05, 4.69) is 50.4 Å². The van der Waals surface area contributed by atoms with E-state index < -0.39 is 0 Å². The molecule has 1 aromatic heterocycles. The highest BCUT2D eigenvalue weighted by Gasteiger charge is 2.08. The summed E-state index contributed by atoms with van der Waals surface area (Å²) in [5.41, 5.74) is 4.99. The number of para-hydroxylation sites is 1. The van der Waals surface area contributed by atoms with Crippen LogP contribution < -0.4 is 5.32 Å². The van der Waals surface area contributed by atoms with Crippen LogP contribution in [0.4, 0.5) is 5.69 Å². The molecule has 0 saturated heterocycles. The van der Waals surface area contributed by atoms with Crippen LogP contribution in [-0.4, -0.2) is 11.5 Å². The fraction of sp³-hybridized carbons (Fsp3) is 0.471. The van der Waals surface area contributed by atoms with Gasteiger partial charge in [0.2, 0.25) is 0 Å².